The normalized spacial score (nSPS) is 12.8. The van der Waals surface area contributed by atoms with Crippen molar-refractivity contribution in [2.75, 3.05) is 26.7 Å². The van der Waals surface area contributed by atoms with Crippen LogP contribution in [0.2, 0.25) is 0 Å². The van der Waals surface area contributed by atoms with Gasteiger partial charge in [-0.05, 0) is 20.8 Å². The summed E-state index contributed by atoms with van der Waals surface area (Å²) in [6.07, 6.45) is -4.06. The molecule has 6 nitrogen and oxygen atoms in total. The lowest BCUT2D eigenvalue weighted by Gasteiger charge is -2.21. The molecule has 1 rings (SSSR count). The van der Waals surface area contributed by atoms with Gasteiger partial charge in [0.05, 0.1) is 17.0 Å². The van der Waals surface area contributed by atoms with Gasteiger partial charge in [-0.3, -0.25) is 9.79 Å². The molecule has 0 aromatic carbocycles. The van der Waals surface area contributed by atoms with Gasteiger partial charge < -0.3 is 16.0 Å². The Morgan fingerprint density at radius 3 is 2.52 bits per heavy atom. The summed E-state index contributed by atoms with van der Waals surface area (Å²) in [6.45, 7) is 6.76. The van der Waals surface area contributed by atoms with E-state index in [-0.39, 0.29) is 12.5 Å². The predicted octanol–water partition coefficient (Wildman–Crippen LogP) is 2.03. The molecule has 0 spiro atoms. The first-order chi connectivity index (χ1) is 11.6. The lowest BCUT2D eigenvalue weighted by atomic mass is 9.93. The molecule has 142 valence electrons. The van der Waals surface area contributed by atoms with Crippen molar-refractivity contribution in [3.05, 3.63) is 16.1 Å². The van der Waals surface area contributed by atoms with Crippen LogP contribution in [0.15, 0.2) is 10.4 Å². The fourth-order valence-electron chi connectivity index (χ4n) is 1.87. The van der Waals surface area contributed by atoms with Crippen molar-refractivity contribution in [1.82, 2.24) is 20.9 Å². The van der Waals surface area contributed by atoms with Crippen LogP contribution in [-0.4, -0.2) is 43.5 Å². The third-order valence-corrected chi connectivity index (χ3v) is 4.20. The van der Waals surface area contributed by atoms with E-state index in [4.69, 9.17) is 0 Å². The minimum atomic E-state index is -4.41. The Morgan fingerprint density at radius 1 is 1.32 bits per heavy atom. The average molecular weight is 379 g/mol. The third kappa shape index (κ3) is 6.89. The SMILES string of the molecule is CCNC(=NCC(C)(C)C(=O)NC)NCCc1nc(C(F)(F)F)cs1. The number of carbonyl (C=O) groups excluding carboxylic acids is 1. The molecular formula is C15H24F3N5OS. The first-order valence-corrected chi connectivity index (χ1v) is 8.74. The Hall–Kier alpha value is -1.84. The van der Waals surface area contributed by atoms with Gasteiger partial charge in [0.2, 0.25) is 5.91 Å². The molecule has 0 fully saturated rings. The van der Waals surface area contributed by atoms with Crippen molar-refractivity contribution < 1.29 is 18.0 Å². The first-order valence-electron chi connectivity index (χ1n) is 7.86. The number of hydrogen-bond acceptors (Lipinski definition) is 4. The number of halogens is 3. The number of thiazole rings is 1. The van der Waals surface area contributed by atoms with Crippen LogP contribution in [-0.2, 0) is 17.4 Å². The van der Waals surface area contributed by atoms with Gasteiger partial charge in [-0.25, -0.2) is 4.98 Å². The third-order valence-electron chi connectivity index (χ3n) is 3.29. The summed E-state index contributed by atoms with van der Waals surface area (Å²) in [5.74, 6) is 0.390. The fraction of sp³-hybridized carbons (Fsp3) is 0.667. The molecule has 1 amide bonds. The van der Waals surface area contributed by atoms with Crippen molar-refractivity contribution in [3.63, 3.8) is 0 Å². The van der Waals surface area contributed by atoms with E-state index in [2.05, 4.69) is 25.9 Å². The van der Waals surface area contributed by atoms with Crippen molar-refractivity contribution >= 4 is 23.2 Å². The number of guanidine groups is 1. The van der Waals surface area contributed by atoms with E-state index in [1.54, 1.807) is 20.9 Å². The zero-order valence-corrected chi connectivity index (χ0v) is 15.6. The maximum Gasteiger partial charge on any atom is 0.434 e. The van der Waals surface area contributed by atoms with Crippen LogP contribution in [0, 0.1) is 5.41 Å². The largest absolute Gasteiger partial charge is 0.434 e. The molecule has 0 aliphatic carbocycles. The van der Waals surface area contributed by atoms with E-state index >= 15 is 0 Å². The highest BCUT2D eigenvalue weighted by atomic mass is 32.1. The van der Waals surface area contributed by atoms with Crippen molar-refractivity contribution in [2.45, 2.75) is 33.4 Å². The van der Waals surface area contributed by atoms with Gasteiger partial charge in [-0.1, -0.05) is 0 Å². The monoisotopic (exact) mass is 379 g/mol. The predicted molar refractivity (Wildman–Crippen MR) is 92.6 cm³/mol. The standard InChI is InChI=1S/C15H24F3N5OS/c1-5-20-13(22-9-14(2,3)12(24)19-4)21-7-6-11-23-10(8-25-11)15(16,17)18/h8H,5-7,9H2,1-4H3,(H,19,24)(H2,20,21,22). The highest BCUT2D eigenvalue weighted by molar-refractivity contribution is 7.09. The summed E-state index contributed by atoms with van der Waals surface area (Å²) in [7, 11) is 1.57. The van der Waals surface area contributed by atoms with Gasteiger partial charge in [0.25, 0.3) is 0 Å². The number of rotatable bonds is 7. The maximum atomic E-state index is 12.5. The Bertz CT molecular complexity index is 598. The quantitative estimate of drug-likeness (QED) is 0.500. The average Bonchev–Trinajstić information content (AvgIpc) is 3.01. The lowest BCUT2D eigenvalue weighted by Crippen LogP contribution is -2.41. The van der Waals surface area contributed by atoms with Crippen molar-refractivity contribution in [2.24, 2.45) is 10.4 Å². The zero-order valence-electron chi connectivity index (χ0n) is 14.8. The van der Waals surface area contributed by atoms with Crippen LogP contribution < -0.4 is 16.0 Å². The summed E-state index contributed by atoms with van der Waals surface area (Å²) in [5, 5.41) is 10.1. The Labute approximate surface area is 149 Å². The van der Waals surface area contributed by atoms with Crippen LogP contribution in [0.5, 0.6) is 0 Å². The van der Waals surface area contributed by atoms with E-state index in [1.807, 2.05) is 6.92 Å². The highest BCUT2D eigenvalue weighted by Crippen LogP contribution is 2.29. The second kappa shape index (κ2) is 9.02. The Balaban J connectivity index is 2.59. The minimum Gasteiger partial charge on any atom is -0.359 e. The Kier molecular flexibility index (Phi) is 7.65. The maximum absolute atomic E-state index is 12.5. The van der Waals surface area contributed by atoms with Crippen LogP contribution in [0.4, 0.5) is 13.2 Å². The second-order valence-corrected chi connectivity index (χ2v) is 6.90. The fourth-order valence-corrected chi connectivity index (χ4v) is 2.68. The zero-order chi connectivity index (χ0) is 19.1. The highest BCUT2D eigenvalue weighted by Gasteiger charge is 2.33. The van der Waals surface area contributed by atoms with E-state index in [0.717, 1.165) is 16.7 Å². The van der Waals surface area contributed by atoms with Crippen LogP contribution >= 0.6 is 11.3 Å². The molecule has 25 heavy (non-hydrogen) atoms. The van der Waals surface area contributed by atoms with Gasteiger partial charge >= 0.3 is 6.18 Å². The molecule has 1 aromatic heterocycles. The summed E-state index contributed by atoms with van der Waals surface area (Å²) in [6, 6.07) is 0. The number of aliphatic imine (C=N–C) groups is 1. The first kappa shape index (κ1) is 21.2. The number of aromatic nitrogens is 1. The molecule has 3 N–H and O–H groups in total. The molecular weight excluding hydrogens is 355 g/mol. The van der Waals surface area contributed by atoms with E-state index < -0.39 is 17.3 Å². The Morgan fingerprint density at radius 2 is 2.00 bits per heavy atom. The van der Waals surface area contributed by atoms with E-state index in [9.17, 15) is 18.0 Å². The number of nitrogens with one attached hydrogen (secondary N) is 3. The van der Waals surface area contributed by atoms with Gasteiger partial charge in [0, 0.05) is 31.9 Å². The molecule has 0 saturated carbocycles. The summed E-state index contributed by atoms with van der Waals surface area (Å²) in [4.78, 5) is 19.7. The van der Waals surface area contributed by atoms with E-state index in [0.29, 0.717) is 30.5 Å². The molecule has 0 saturated heterocycles. The number of nitrogens with zero attached hydrogens (tertiary/aromatic N) is 2. The van der Waals surface area contributed by atoms with Crippen molar-refractivity contribution in [1.29, 1.82) is 0 Å². The number of hydrogen-bond donors (Lipinski definition) is 3. The lowest BCUT2D eigenvalue weighted by molar-refractivity contribution is -0.140. The smallest absolute Gasteiger partial charge is 0.359 e. The molecule has 0 radical (unpaired) electrons. The molecule has 1 aromatic rings. The molecule has 0 aliphatic rings. The molecule has 0 bridgehead atoms. The summed E-state index contributed by atoms with van der Waals surface area (Å²) in [5.41, 5.74) is -1.52. The van der Waals surface area contributed by atoms with Crippen LogP contribution in [0.1, 0.15) is 31.5 Å². The minimum absolute atomic E-state index is 0.116. The number of amides is 1. The topological polar surface area (TPSA) is 78.4 Å². The van der Waals surface area contributed by atoms with Crippen molar-refractivity contribution in [3.8, 4) is 0 Å². The van der Waals surface area contributed by atoms with Crippen LogP contribution in [0.3, 0.4) is 0 Å². The summed E-state index contributed by atoms with van der Waals surface area (Å²) >= 11 is 0.982. The van der Waals surface area contributed by atoms with Crippen LogP contribution in [0.25, 0.3) is 0 Å². The second-order valence-electron chi connectivity index (χ2n) is 5.96. The molecule has 0 unspecified atom stereocenters. The van der Waals surface area contributed by atoms with Gasteiger partial charge in [0.1, 0.15) is 0 Å². The molecule has 1 heterocycles. The number of alkyl halides is 3. The molecule has 10 heteroatoms. The van der Waals surface area contributed by atoms with Gasteiger partial charge in [-0.15, -0.1) is 11.3 Å². The molecule has 0 aliphatic heterocycles. The summed E-state index contributed by atoms with van der Waals surface area (Å²) < 4.78 is 37.6. The van der Waals surface area contributed by atoms with Gasteiger partial charge in [0.15, 0.2) is 11.7 Å². The number of carbonyl (C=O) groups is 1. The molecule has 0 atom stereocenters. The van der Waals surface area contributed by atoms with Gasteiger partial charge in [-0.2, -0.15) is 13.2 Å². The van der Waals surface area contributed by atoms with E-state index in [1.165, 1.54) is 0 Å².